The van der Waals surface area contributed by atoms with Crippen molar-refractivity contribution in [3.05, 3.63) is 34.8 Å². The third-order valence-electron chi connectivity index (χ3n) is 3.92. The van der Waals surface area contributed by atoms with E-state index in [9.17, 15) is 4.39 Å². The van der Waals surface area contributed by atoms with Crippen molar-refractivity contribution in [3.8, 4) is 11.1 Å². The number of hydrogen-bond acceptors (Lipinski definition) is 3. The summed E-state index contributed by atoms with van der Waals surface area (Å²) in [6, 6.07) is 4.29. The summed E-state index contributed by atoms with van der Waals surface area (Å²) >= 11 is 6.14. The van der Waals surface area contributed by atoms with Crippen molar-refractivity contribution in [2.45, 2.75) is 38.0 Å². The normalized spacial score (nSPS) is 16.5. The highest BCUT2D eigenvalue weighted by molar-refractivity contribution is 6.33. The Morgan fingerprint density at radius 2 is 2.00 bits per heavy atom. The molecule has 1 aliphatic rings. The smallest absolute Gasteiger partial charge is 0.175 e. The van der Waals surface area contributed by atoms with Crippen LogP contribution < -0.4 is 5.73 Å². The molecule has 5 heteroatoms. The van der Waals surface area contributed by atoms with Crippen molar-refractivity contribution in [3.63, 3.8) is 0 Å². The first-order valence-electron chi connectivity index (χ1n) is 6.87. The Morgan fingerprint density at radius 3 is 2.70 bits per heavy atom. The highest BCUT2D eigenvalue weighted by Crippen LogP contribution is 2.42. The van der Waals surface area contributed by atoms with Gasteiger partial charge in [-0.15, -0.1) is 0 Å². The second-order valence-corrected chi connectivity index (χ2v) is 5.67. The molecule has 0 radical (unpaired) electrons. The Kier molecular flexibility index (Phi) is 3.66. The molecule has 0 atom stereocenters. The maximum Gasteiger partial charge on any atom is 0.175 e. The van der Waals surface area contributed by atoms with Gasteiger partial charge in [-0.25, -0.2) is 4.39 Å². The lowest BCUT2D eigenvalue weighted by molar-refractivity contribution is 0.323. The fourth-order valence-electron chi connectivity index (χ4n) is 2.92. The molecule has 1 aromatic heterocycles. The zero-order chi connectivity index (χ0) is 14.1. The minimum atomic E-state index is -0.368. The van der Waals surface area contributed by atoms with E-state index in [1.54, 1.807) is 6.07 Å². The number of benzene rings is 1. The van der Waals surface area contributed by atoms with Crippen LogP contribution in [0.5, 0.6) is 0 Å². The zero-order valence-electron chi connectivity index (χ0n) is 11.0. The Bertz CT molecular complexity index is 620. The highest BCUT2D eigenvalue weighted by Gasteiger charge is 2.26. The molecule has 1 saturated carbocycles. The Morgan fingerprint density at radius 1 is 1.25 bits per heavy atom. The van der Waals surface area contributed by atoms with Gasteiger partial charge in [0.1, 0.15) is 11.6 Å². The van der Waals surface area contributed by atoms with Gasteiger partial charge in [-0.2, -0.15) is 0 Å². The number of hydrogen-bond donors (Lipinski definition) is 1. The number of halogens is 2. The van der Waals surface area contributed by atoms with Crippen LogP contribution in [0.1, 0.15) is 43.8 Å². The molecular formula is C15H16ClFN2O. The summed E-state index contributed by atoms with van der Waals surface area (Å²) in [5, 5.41) is 4.21. The summed E-state index contributed by atoms with van der Waals surface area (Å²) in [7, 11) is 0. The van der Waals surface area contributed by atoms with E-state index < -0.39 is 0 Å². The average molecular weight is 295 g/mol. The lowest BCUT2D eigenvalue weighted by atomic mass is 9.85. The summed E-state index contributed by atoms with van der Waals surface area (Å²) in [4.78, 5) is 0. The maximum absolute atomic E-state index is 13.2. The molecule has 0 aliphatic heterocycles. The number of nitrogens with zero attached hydrogens (tertiary/aromatic N) is 1. The van der Waals surface area contributed by atoms with Crippen molar-refractivity contribution in [2.24, 2.45) is 0 Å². The summed E-state index contributed by atoms with van der Waals surface area (Å²) < 4.78 is 18.6. The van der Waals surface area contributed by atoms with Gasteiger partial charge in [0.2, 0.25) is 0 Å². The molecule has 1 aliphatic carbocycles. The minimum absolute atomic E-state index is 0.319. The third kappa shape index (κ3) is 2.40. The van der Waals surface area contributed by atoms with E-state index in [0.717, 1.165) is 24.2 Å². The summed E-state index contributed by atoms with van der Waals surface area (Å²) in [6.45, 7) is 0. The molecule has 0 bridgehead atoms. The first kappa shape index (κ1) is 13.4. The van der Waals surface area contributed by atoms with E-state index in [1.807, 2.05) is 0 Å². The molecule has 0 amide bonds. The molecule has 0 saturated heterocycles. The van der Waals surface area contributed by atoms with Gasteiger partial charge in [-0.1, -0.05) is 36.0 Å². The van der Waals surface area contributed by atoms with E-state index in [1.165, 1.54) is 31.4 Å². The quantitative estimate of drug-likeness (QED) is 0.868. The molecule has 0 spiro atoms. The van der Waals surface area contributed by atoms with Crippen LogP contribution in [0, 0.1) is 5.82 Å². The predicted molar refractivity (Wildman–Crippen MR) is 77.1 cm³/mol. The van der Waals surface area contributed by atoms with Gasteiger partial charge in [-0.3, -0.25) is 0 Å². The van der Waals surface area contributed by atoms with E-state index in [2.05, 4.69) is 5.16 Å². The first-order valence-corrected chi connectivity index (χ1v) is 7.25. The van der Waals surface area contributed by atoms with Gasteiger partial charge < -0.3 is 10.3 Å². The molecule has 2 aromatic rings. The fraction of sp³-hybridized carbons (Fsp3) is 0.400. The molecule has 0 unspecified atom stereocenters. The van der Waals surface area contributed by atoms with Crippen LogP contribution in [0.4, 0.5) is 10.2 Å². The van der Waals surface area contributed by atoms with E-state index in [0.29, 0.717) is 22.3 Å². The maximum atomic E-state index is 13.2. The predicted octanol–water partition coefficient (Wildman–Crippen LogP) is 4.76. The molecular weight excluding hydrogens is 279 g/mol. The molecule has 3 rings (SSSR count). The van der Waals surface area contributed by atoms with Crippen molar-refractivity contribution in [2.75, 3.05) is 5.73 Å². The monoisotopic (exact) mass is 294 g/mol. The Balaban J connectivity index is 2.06. The van der Waals surface area contributed by atoms with Gasteiger partial charge in [0.05, 0.1) is 10.6 Å². The van der Waals surface area contributed by atoms with Gasteiger partial charge >= 0.3 is 0 Å². The standard InChI is InChI=1S/C15H16ClFN2O/c16-12-8-10(17)6-7-11(12)13-14(20-19-15(13)18)9-4-2-1-3-5-9/h6-9H,1-5H2,(H2,18,19). The van der Waals surface area contributed by atoms with E-state index in [4.69, 9.17) is 21.9 Å². The number of anilines is 1. The SMILES string of the molecule is Nc1noc(C2CCCCC2)c1-c1ccc(F)cc1Cl. The number of aromatic nitrogens is 1. The van der Waals surface area contributed by atoms with Crippen LogP contribution in [-0.4, -0.2) is 5.16 Å². The number of nitrogen functional groups attached to an aromatic ring is 1. The molecule has 106 valence electrons. The van der Waals surface area contributed by atoms with Crippen LogP contribution in [0.3, 0.4) is 0 Å². The molecule has 20 heavy (non-hydrogen) atoms. The minimum Gasteiger partial charge on any atom is -0.380 e. The highest BCUT2D eigenvalue weighted by atomic mass is 35.5. The Hall–Kier alpha value is -1.55. The van der Waals surface area contributed by atoms with Gasteiger partial charge in [0.25, 0.3) is 0 Å². The van der Waals surface area contributed by atoms with E-state index >= 15 is 0 Å². The molecule has 1 heterocycles. The van der Waals surface area contributed by atoms with Crippen molar-refractivity contribution >= 4 is 17.4 Å². The zero-order valence-corrected chi connectivity index (χ0v) is 11.8. The second kappa shape index (κ2) is 5.44. The van der Waals surface area contributed by atoms with Crippen LogP contribution in [-0.2, 0) is 0 Å². The second-order valence-electron chi connectivity index (χ2n) is 5.27. The average Bonchev–Trinajstić information content (AvgIpc) is 2.82. The molecule has 1 aromatic carbocycles. The van der Waals surface area contributed by atoms with Crippen molar-refractivity contribution in [1.29, 1.82) is 0 Å². The summed E-state index contributed by atoms with van der Waals surface area (Å²) in [5.74, 6) is 1.06. The largest absolute Gasteiger partial charge is 0.380 e. The topological polar surface area (TPSA) is 52.0 Å². The van der Waals surface area contributed by atoms with Crippen molar-refractivity contribution in [1.82, 2.24) is 5.16 Å². The molecule has 1 fully saturated rings. The molecule has 3 nitrogen and oxygen atoms in total. The molecule has 2 N–H and O–H groups in total. The third-order valence-corrected chi connectivity index (χ3v) is 4.23. The van der Waals surface area contributed by atoms with Crippen molar-refractivity contribution < 1.29 is 8.91 Å². The summed E-state index contributed by atoms with van der Waals surface area (Å²) in [5.41, 5.74) is 7.34. The van der Waals surface area contributed by atoms with E-state index in [-0.39, 0.29) is 5.82 Å². The van der Waals surface area contributed by atoms with Crippen LogP contribution in [0.15, 0.2) is 22.7 Å². The Labute approximate surface area is 121 Å². The fourth-order valence-corrected chi connectivity index (χ4v) is 3.18. The van der Waals surface area contributed by atoms with Gasteiger partial charge in [0, 0.05) is 11.5 Å². The first-order chi connectivity index (χ1) is 9.66. The van der Waals surface area contributed by atoms with Gasteiger partial charge in [0.15, 0.2) is 5.82 Å². The van der Waals surface area contributed by atoms with Crippen LogP contribution in [0.2, 0.25) is 5.02 Å². The number of rotatable bonds is 2. The van der Waals surface area contributed by atoms with Crippen LogP contribution in [0.25, 0.3) is 11.1 Å². The van der Waals surface area contributed by atoms with Crippen LogP contribution >= 0.6 is 11.6 Å². The summed E-state index contributed by atoms with van der Waals surface area (Å²) in [6.07, 6.45) is 5.76. The lowest BCUT2D eigenvalue weighted by Gasteiger charge is -2.20. The lowest BCUT2D eigenvalue weighted by Crippen LogP contribution is -2.05. The number of nitrogens with two attached hydrogens (primary N) is 1. The van der Waals surface area contributed by atoms with Gasteiger partial charge in [-0.05, 0) is 31.0 Å².